The normalized spacial score (nSPS) is 11.1. The summed E-state index contributed by atoms with van der Waals surface area (Å²) in [5, 5.41) is 0. The first-order valence-corrected chi connectivity index (χ1v) is 8.88. The van der Waals surface area contributed by atoms with E-state index in [1.165, 1.54) is 37.3 Å². The summed E-state index contributed by atoms with van der Waals surface area (Å²) in [5.41, 5.74) is 0.942. The second kappa shape index (κ2) is 7.44. The molecule has 2 aromatic rings. The number of rotatable bonds is 6. The van der Waals surface area contributed by atoms with E-state index in [4.69, 9.17) is 4.74 Å². The molecule has 0 radical (unpaired) electrons. The molecule has 7 heteroatoms. The van der Waals surface area contributed by atoms with E-state index < -0.39 is 21.8 Å². The van der Waals surface area contributed by atoms with Crippen molar-refractivity contribution in [1.29, 1.82) is 0 Å². The molecule has 0 heterocycles. The number of benzene rings is 2. The fourth-order valence-electron chi connectivity index (χ4n) is 2.08. The van der Waals surface area contributed by atoms with Crippen molar-refractivity contribution in [3.05, 3.63) is 59.4 Å². The van der Waals surface area contributed by atoms with Gasteiger partial charge in [0.15, 0.2) is 0 Å². The molecule has 0 aliphatic rings. The summed E-state index contributed by atoms with van der Waals surface area (Å²) in [7, 11) is -3.84. The van der Waals surface area contributed by atoms with Gasteiger partial charge in [-0.1, -0.05) is 6.92 Å². The Kier molecular flexibility index (Phi) is 5.56. The Labute approximate surface area is 140 Å². The van der Waals surface area contributed by atoms with Crippen LogP contribution in [0.2, 0.25) is 0 Å². The maximum Gasteiger partial charge on any atom is 0.338 e. The molecule has 0 aliphatic heterocycles. The predicted molar refractivity (Wildman–Crippen MR) is 89.0 cm³/mol. The summed E-state index contributed by atoms with van der Waals surface area (Å²) in [5.74, 6) is -0.956. The van der Waals surface area contributed by atoms with Crippen molar-refractivity contribution in [3.8, 4) is 0 Å². The van der Waals surface area contributed by atoms with Crippen LogP contribution in [-0.4, -0.2) is 21.0 Å². The van der Waals surface area contributed by atoms with Crippen molar-refractivity contribution < 1.29 is 22.3 Å². The second-order valence-electron chi connectivity index (χ2n) is 5.23. The summed E-state index contributed by atoms with van der Waals surface area (Å²) in [4.78, 5) is 11.7. The Hall–Kier alpha value is -2.41. The van der Waals surface area contributed by atoms with E-state index in [-0.39, 0.29) is 4.90 Å². The lowest BCUT2D eigenvalue weighted by atomic mass is 10.2. The van der Waals surface area contributed by atoms with E-state index in [9.17, 15) is 17.6 Å². The van der Waals surface area contributed by atoms with Gasteiger partial charge in [-0.2, -0.15) is 0 Å². The molecule has 1 N–H and O–H groups in total. The van der Waals surface area contributed by atoms with Crippen molar-refractivity contribution in [2.45, 2.75) is 25.2 Å². The lowest BCUT2D eigenvalue weighted by Gasteiger charge is -2.11. The molecule has 0 fully saturated rings. The van der Waals surface area contributed by atoms with Crippen molar-refractivity contribution in [2.75, 3.05) is 11.3 Å². The molecule has 5 nitrogen and oxygen atoms in total. The zero-order valence-corrected chi connectivity index (χ0v) is 14.2. The van der Waals surface area contributed by atoms with Gasteiger partial charge in [-0.25, -0.2) is 17.6 Å². The molecule has 0 aromatic heterocycles. The topological polar surface area (TPSA) is 72.5 Å². The number of ether oxygens (including phenoxy) is 1. The van der Waals surface area contributed by atoms with E-state index >= 15 is 0 Å². The number of carbonyl (C=O) groups is 1. The van der Waals surface area contributed by atoms with Crippen LogP contribution in [-0.2, 0) is 14.8 Å². The van der Waals surface area contributed by atoms with Gasteiger partial charge in [-0.05, 0) is 61.4 Å². The maximum atomic E-state index is 13.1. The van der Waals surface area contributed by atoms with Crippen LogP contribution >= 0.6 is 0 Å². The number of carbonyl (C=O) groups excluding carboxylic acids is 1. The molecular formula is C17H18FNO4S. The highest BCUT2D eigenvalue weighted by atomic mass is 32.2. The summed E-state index contributed by atoms with van der Waals surface area (Å²) in [6, 6.07) is 9.36. The second-order valence-corrected chi connectivity index (χ2v) is 6.88. The summed E-state index contributed by atoms with van der Waals surface area (Å²) in [6.45, 7) is 3.74. The Morgan fingerprint density at radius 2 is 1.83 bits per heavy atom. The molecule has 0 saturated carbocycles. The largest absolute Gasteiger partial charge is 0.462 e. The van der Waals surface area contributed by atoms with Crippen LogP contribution in [0.5, 0.6) is 0 Å². The predicted octanol–water partition coefficient (Wildman–Crippen LogP) is 3.50. The van der Waals surface area contributed by atoms with Crippen LogP contribution in [0.25, 0.3) is 0 Å². The molecule has 0 saturated heterocycles. The minimum absolute atomic E-state index is 0.00432. The first-order chi connectivity index (χ1) is 11.3. The molecule has 0 bridgehead atoms. The van der Waals surface area contributed by atoms with Gasteiger partial charge >= 0.3 is 5.97 Å². The first kappa shape index (κ1) is 17.9. The van der Waals surface area contributed by atoms with Gasteiger partial charge in [0.25, 0.3) is 10.0 Å². The highest BCUT2D eigenvalue weighted by Crippen LogP contribution is 2.20. The maximum absolute atomic E-state index is 13.1. The smallest absolute Gasteiger partial charge is 0.338 e. The Morgan fingerprint density at radius 3 is 2.42 bits per heavy atom. The fraction of sp³-hybridized carbons (Fsp3) is 0.235. The van der Waals surface area contributed by atoms with E-state index in [1.807, 2.05) is 6.92 Å². The quantitative estimate of drug-likeness (QED) is 0.809. The number of hydrogen-bond donors (Lipinski definition) is 1. The molecule has 128 valence electrons. The molecule has 0 atom stereocenters. The average Bonchev–Trinajstić information content (AvgIpc) is 2.52. The van der Waals surface area contributed by atoms with Gasteiger partial charge in [0.05, 0.1) is 17.1 Å². The highest BCUT2D eigenvalue weighted by molar-refractivity contribution is 7.92. The molecular weight excluding hydrogens is 333 g/mol. The van der Waals surface area contributed by atoms with Crippen LogP contribution in [0.15, 0.2) is 47.4 Å². The van der Waals surface area contributed by atoms with Crippen LogP contribution in [0, 0.1) is 12.7 Å². The number of sulfonamides is 1. The summed E-state index contributed by atoms with van der Waals surface area (Å²) >= 11 is 0. The van der Waals surface area contributed by atoms with Crippen molar-refractivity contribution in [3.63, 3.8) is 0 Å². The SMILES string of the molecule is CCCOC(=O)c1ccc(NS(=O)(=O)c2ccc(F)cc2C)cc1. The molecule has 0 unspecified atom stereocenters. The van der Waals surface area contributed by atoms with Gasteiger partial charge in [0.1, 0.15) is 5.82 Å². The van der Waals surface area contributed by atoms with E-state index in [0.29, 0.717) is 23.4 Å². The molecule has 0 aliphatic carbocycles. The van der Waals surface area contributed by atoms with Gasteiger partial charge in [-0.3, -0.25) is 4.72 Å². The Bertz CT molecular complexity index is 832. The third kappa shape index (κ3) is 4.32. The van der Waals surface area contributed by atoms with E-state index in [0.717, 1.165) is 18.6 Å². The van der Waals surface area contributed by atoms with Crippen molar-refractivity contribution >= 4 is 21.7 Å². The molecule has 24 heavy (non-hydrogen) atoms. The standard InChI is InChI=1S/C17H18FNO4S/c1-3-10-23-17(20)13-4-7-15(8-5-13)19-24(21,22)16-9-6-14(18)11-12(16)2/h4-9,11,19H,3,10H2,1-2H3. The number of aryl methyl sites for hydroxylation is 1. The minimum atomic E-state index is -3.84. The van der Waals surface area contributed by atoms with Gasteiger partial charge < -0.3 is 4.74 Å². The number of hydrogen-bond acceptors (Lipinski definition) is 4. The summed E-state index contributed by atoms with van der Waals surface area (Å²) < 4.78 is 45.3. The van der Waals surface area contributed by atoms with Gasteiger partial charge in [0.2, 0.25) is 0 Å². The first-order valence-electron chi connectivity index (χ1n) is 7.39. The fourth-order valence-corrected chi connectivity index (χ4v) is 3.36. The van der Waals surface area contributed by atoms with E-state index in [1.54, 1.807) is 0 Å². The lowest BCUT2D eigenvalue weighted by Crippen LogP contribution is -2.14. The summed E-state index contributed by atoms with van der Waals surface area (Å²) in [6.07, 6.45) is 0.723. The average molecular weight is 351 g/mol. The highest BCUT2D eigenvalue weighted by Gasteiger charge is 2.17. The Balaban J connectivity index is 2.17. The van der Waals surface area contributed by atoms with Crippen LogP contribution in [0.1, 0.15) is 29.3 Å². The number of nitrogens with one attached hydrogen (secondary N) is 1. The Morgan fingerprint density at radius 1 is 1.17 bits per heavy atom. The van der Waals surface area contributed by atoms with Crippen molar-refractivity contribution in [2.24, 2.45) is 0 Å². The van der Waals surface area contributed by atoms with Gasteiger partial charge in [-0.15, -0.1) is 0 Å². The minimum Gasteiger partial charge on any atom is -0.462 e. The lowest BCUT2D eigenvalue weighted by molar-refractivity contribution is 0.0505. The molecule has 0 amide bonds. The number of halogens is 1. The van der Waals surface area contributed by atoms with E-state index in [2.05, 4.69) is 4.72 Å². The zero-order valence-electron chi connectivity index (χ0n) is 13.4. The van der Waals surface area contributed by atoms with Crippen LogP contribution in [0.4, 0.5) is 10.1 Å². The third-order valence-corrected chi connectivity index (χ3v) is 4.78. The number of anilines is 1. The molecule has 0 spiro atoms. The molecule has 2 aromatic carbocycles. The monoisotopic (exact) mass is 351 g/mol. The van der Waals surface area contributed by atoms with Crippen LogP contribution in [0.3, 0.4) is 0 Å². The van der Waals surface area contributed by atoms with Crippen molar-refractivity contribution in [1.82, 2.24) is 0 Å². The zero-order chi connectivity index (χ0) is 17.7. The van der Waals surface area contributed by atoms with Crippen LogP contribution < -0.4 is 4.72 Å². The van der Waals surface area contributed by atoms with Gasteiger partial charge in [0, 0.05) is 5.69 Å². The number of esters is 1. The third-order valence-electron chi connectivity index (χ3n) is 3.24. The molecule has 2 rings (SSSR count).